The molecule has 31 heavy (non-hydrogen) atoms. The number of hydrogen-bond donors (Lipinski definition) is 1. The molecule has 1 aliphatic heterocycles. The molecule has 0 aliphatic carbocycles. The van der Waals surface area contributed by atoms with Crippen molar-refractivity contribution in [1.82, 2.24) is 9.62 Å². The molecular weight excluding hydrogens is 412 g/mol. The molecular formula is C24H32N2O4S. The first-order valence-corrected chi connectivity index (χ1v) is 12.3. The van der Waals surface area contributed by atoms with Crippen LogP contribution in [0.25, 0.3) is 0 Å². The molecule has 1 heterocycles. The molecule has 1 atom stereocenters. The number of methoxy groups -OCH3 is 1. The van der Waals surface area contributed by atoms with Crippen LogP contribution < -0.4 is 10.1 Å². The van der Waals surface area contributed by atoms with Gasteiger partial charge in [-0.05, 0) is 61.9 Å². The Bertz CT molecular complexity index is 997. The fraction of sp³-hybridized carbons (Fsp3) is 0.458. The van der Waals surface area contributed by atoms with Gasteiger partial charge in [0, 0.05) is 19.5 Å². The van der Waals surface area contributed by atoms with Gasteiger partial charge in [0.25, 0.3) is 0 Å². The largest absolute Gasteiger partial charge is 0.496 e. The van der Waals surface area contributed by atoms with Crippen molar-refractivity contribution in [1.29, 1.82) is 0 Å². The zero-order chi connectivity index (χ0) is 22.4. The van der Waals surface area contributed by atoms with Crippen LogP contribution in [-0.4, -0.2) is 38.8 Å². The standard InChI is InChI=1S/C24H32N2O4S/c1-4-22(19-9-7-18(2)8-10-19)25-24(27)14-11-20-17-21(12-13-23(20)30-3)31(28,29)26-15-5-6-16-26/h7-10,12-13,17,22H,4-6,11,14-16H2,1-3H3,(H,25,27). The smallest absolute Gasteiger partial charge is 0.243 e. The van der Waals surface area contributed by atoms with E-state index in [0.717, 1.165) is 30.4 Å². The summed E-state index contributed by atoms with van der Waals surface area (Å²) in [4.78, 5) is 12.9. The minimum absolute atomic E-state index is 0.0446. The highest BCUT2D eigenvalue weighted by molar-refractivity contribution is 7.89. The number of nitrogens with zero attached hydrogens (tertiary/aromatic N) is 1. The quantitative estimate of drug-likeness (QED) is 0.635. The fourth-order valence-corrected chi connectivity index (χ4v) is 5.49. The number of aryl methyl sites for hydroxylation is 2. The Labute approximate surface area is 185 Å². The average molecular weight is 445 g/mol. The highest BCUT2D eigenvalue weighted by Crippen LogP contribution is 2.27. The van der Waals surface area contributed by atoms with Crippen molar-refractivity contribution in [2.75, 3.05) is 20.2 Å². The second-order valence-corrected chi connectivity index (χ2v) is 9.96. The van der Waals surface area contributed by atoms with Crippen LogP contribution >= 0.6 is 0 Å². The second-order valence-electron chi connectivity index (χ2n) is 8.02. The van der Waals surface area contributed by atoms with Gasteiger partial charge in [0.05, 0.1) is 18.0 Å². The highest BCUT2D eigenvalue weighted by atomic mass is 32.2. The molecule has 0 bridgehead atoms. The first-order chi connectivity index (χ1) is 14.8. The molecule has 2 aromatic rings. The summed E-state index contributed by atoms with van der Waals surface area (Å²) in [7, 11) is -1.96. The maximum Gasteiger partial charge on any atom is 0.243 e. The molecule has 0 aromatic heterocycles. The summed E-state index contributed by atoms with van der Waals surface area (Å²) < 4.78 is 32.7. The maximum atomic E-state index is 12.9. The molecule has 2 aromatic carbocycles. The van der Waals surface area contributed by atoms with Gasteiger partial charge in [0.15, 0.2) is 0 Å². The summed E-state index contributed by atoms with van der Waals surface area (Å²) in [5, 5.41) is 3.09. The van der Waals surface area contributed by atoms with Crippen molar-refractivity contribution in [2.24, 2.45) is 0 Å². The molecule has 6 nitrogen and oxygen atoms in total. The molecule has 1 unspecified atom stereocenters. The molecule has 1 saturated heterocycles. The predicted octanol–water partition coefficient (Wildman–Crippen LogP) is 3.99. The van der Waals surface area contributed by atoms with Crippen LogP contribution in [-0.2, 0) is 21.2 Å². The van der Waals surface area contributed by atoms with Gasteiger partial charge >= 0.3 is 0 Å². The summed E-state index contributed by atoms with van der Waals surface area (Å²) in [5.41, 5.74) is 2.99. The van der Waals surface area contributed by atoms with Gasteiger partial charge in [-0.3, -0.25) is 4.79 Å². The van der Waals surface area contributed by atoms with E-state index in [1.54, 1.807) is 25.3 Å². The number of rotatable bonds is 9. The van der Waals surface area contributed by atoms with Crippen LogP contribution in [0.1, 0.15) is 55.3 Å². The minimum Gasteiger partial charge on any atom is -0.496 e. The second kappa shape index (κ2) is 10.3. The summed E-state index contributed by atoms with van der Waals surface area (Å²) in [5.74, 6) is 0.529. The van der Waals surface area contributed by atoms with Gasteiger partial charge in [-0.15, -0.1) is 0 Å². The van der Waals surface area contributed by atoms with Gasteiger partial charge < -0.3 is 10.1 Å². The number of ether oxygens (including phenoxy) is 1. The molecule has 168 valence electrons. The van der Waals surface area contributed by atoms with E-state index in [9.17, 15) is 13.2 Å². The third kappa shape index (κ3) is 5.66. The first kappa shape index (κ1) is 23.3. The van der Waals surface area contributed by atoms with Gasteiger partial charge in [-0.25, -0.2) is 8.42 Å². The SMILES string of the molecule is CCC(NC(=O)CCc1cc(S(=O)(=O)N2CCCC2)ccc1OC)c1ccc(C)cc1. The lowest BCUT2D eigenvalue weighted by Gasteiger charge is -2.19. The molecule has 0 spiro atoms. The van der Waals surface area contributed by atoms with Gasteiger partial charge in [0.2, 0.25) is 15.9 Å². The first-order valence-electron chi connectivity index (χ1n) is 10.9. The summed E-state index contributed by atoms with van der Waals surface area (Å²) in [6, 6.07) is 13.0. The maximum absolute atomic E-state index is 12.9. The molecule has 0 saturated carbocycles. The Hall–Kier alpha value is -2.38. The van der Waals surface area contributed by atoms with E-state index < -0.39 is 10.0 Å². The minimum atomic E-state index is -3.51. The van der Waals surface area contributed by atoms with Crippen molar-refractivity contribution in [3.8, 4) is 5.75 Å². The third-order valence-corrected chi connectivity index (χ3v) is 7.69. The van der Waals surface area contributed by atoms with E-state index in [0.29, 0.717) is 25.3 Å². The Kier molecular flexibility index (Phi) is 7.73. The van der Waals surface area contributed by atoms with Gasteiger partial charge in [-0.2, -0.15) is 4.31 Å². The Morgan fingerprint density at radius 1 is 1.13 bits per heavy atom. The van der Waals surface area contributed by atoms with E-state index in [4.69, 9.17) is 4.74 Å². The zero-order valence-corrected chi connectivity index (χ0v) is 19.4. The van der Waals surface area contributed by atoms with Crippen LogP contribution in [0, 0.1) is 6.92 Å². The van der Waals surface area contributed by atoms with Crippen molar-refractivity contribution >= 4 is 15.9 Å². The Balaban J connectivity index is 1.69. The fourth-order valence-electron chi connectivity index (χ4n) is 3.92. The molecule has 1 N–H and O–H groups in total. The number of sulfonamides is 1. The average Bonchev–Trinajstić information content (AvgIpc) is 3.32. The summed E-state index contributed by atoms with van der Waals surface area (Å²) >= 11 is 0. The van der Waals surface area contributed by atoms with E-state index in [1.165, 1.54) is 9.87 Å². The van der Waals surface area contributed by atoms with Crippen molar-refractivity contribution in [3.63, 3.8) is 0 Å². The number of amides is 1. The van der Waals surface area contributed by atoms with E-state index in [1.807, 2.05) is 38.1 Å². The van der Waals surface area contributed by atoms with Gasteiger partial charge in [0.1, 0.15) is 5.75 Å². The number of carbonyl (C=O) groups is 1. The summed E-state index contributed by atoms with van der Waals surface area (Å²) in [6.07, 6.45) is 3.24. The number of benzene rings is 2. The van der Waals surface area contributed by atoms with Crippen LogP contribution in [0.2, 0.25) is 0 Å². The van der Waals surface area contributed by atoms with Crippen LogP contribution in [0.3, 0.4) is 0 Å². The molecule has 0 radical (unpaired) electrons. The third-order valence-electron chi connectivity index (χ3n) is 5.80. The van der Waals surface area contributed by atoms with Crippen LogP contribution in [0.5, 0.6) is 5.75 Å². The lowest BCUT2D eigenvalue weighted by atomic mass is 10.0. The topological polar surface area (TPSA) is 75.7 Å². The Morgan fingerprint density at radius 3 is 2.42 bits per heavy atom. The van der Waals surface area contributed by atoms with Crippen LogP contribution in [0.4, 0.5) is 0 Å². The predicted molar refractivity (Wildman–Crippen MR) is 122 cm³/mol. The molecule has 7 heteroatoms. The molecule has 1 amide bonds. The van der Waals surface area contributed by atoms with Crippen LogP contribution in [0.15, 0.2) is 47.4 Å². The number of nitrogens with one attached hydrogen (secondary N) is 1. The van der Waals surface area contributed by atoms with E-state index in [-0.39, 0.29) is 23.3 Å². The number of carbonyl (C=O) groups excluding carboxylic acids is 1. The van der Waals surface area contributed by atoms with E-state index >= 15 is 0 Å². The van der Waals surface area contributed by atoms with Crippen molar-refractivity contribution < 1.29 is 17.9 Å². The van der Waals surface area contributed by atoms with Crippen molar-refractivity contribution in [2.45, 2.75) is 56.9 Å². The molecule has 1 fully saturated rings. The Morgan fingerprint density at radius 2 is 1.81 bits per heavy atom. The normalized spacial score (nSPS) is 15.6. The number of hydrogen-bond acceptors (Lipinski definition) is 4. The molecule has 1 aliphatic rings. The van der Waals surface area contributed by atoms with Crippen molar-refractivity contribution in [3.05, 3.63) is 59.2 Å². The lowest BCUT2D eigenvalue weighted by molar-refractivity contribution is -0.121. The van der Waals surface area contributed by atoms with Gasteiger partial charge in [-0.1, -0.05) is 36.8 Å². The zero-order valence-electron chi connectivity index (χ0n) is 18.6. The molecule has 3 rings (SSSR count). The monoisotopic (exact) mass is 444 g/mol. The summed E-state index contributed by atoms with van der Waals surface area (Å²) in [6.45, 7) is 5.20. The van der Waals surface area contributed by atoms with E-state index in [2.05, 4.69) is 5.32 Å². The highest BCUT2D eigenvalue weighted by Gasteiger charge is 2.28. The lowest BCUT2D eigenvalue weighted by Crippen LogP contribution is -2.28.